The van der Waals surface area contributed by atoms with Crippen molar-refractivity contribution in [1.29, 1.82) is 0 Å². The Labute approximate surface area is 92.9 Å². The van der Waals surface area contributed by atoms with E-state index in [2.05, 4.69) is 11.4 Å². The number of fused-ring (bicyclic) bond motifs is 1. The van der Waals surface area contributed by atoms with Gasteiger partial charge in [0.15, 0.2) is 0 Å². The van der Waals surface area contributed by atoms with E-state index in [1.54, 1.807) is 12.1 Å². The van der Waals surface area contributed by atoms with Gasteiger partial charge in [-0.15, -0.1) is 0 Å². The second-order valence-corrected chi connectivity index (χ2v) is 3.12. The van der Waals surface area contributed by atoms with Crippen LogP contribution in [-0.2, 0) is 23.2 Å². The molecule has 0 saturated carbocycles. The quantitative estimate of drug-likeness (QED) is 0.770. The van der Waals surface area contributed by atoms with E-state index in [4.69, 9.17) is 0 Å². The van der Waals surface area contributed by atoms with Crippen LogP contribution in [0.4, 0.5) is 4.39 Å². The molecule has 0 saturated heterocycles. The summed E-state index contributed by atoms with van der Waals surface area (Å²) in [6.45, 7) is 2.00. The van der Waals surface area contributed by atoms with Crippen LogP contribution in [0.15, 0.2) is 24.4 Å². The second kappa shape index (κ2) is 4.62. The van der Waals surface area contributed by atoms with Crippen LogP contribution >= 0.6 is 0 Å². The summed E-state index contributed by atoms with van der Waals surface area (Å²) >= 11 is 0. The fourth-order valence-electron chi connectivity index (χ4n) is 1.54. The van der Waals surface area contributed by atoms with Crippen LogP contribution in [0.25, 0.3) is 10.9 Å². The smallest absolute Gasteiger partial charge is 0.123 e. The van der Waals surface area contributed by atoms with E-state index in [0.29, 0.717) is 0 Å². The predicted octanol–water partition coefficient (Wildman–Crippen LogP) is 3.07. The van der Waals surface area contributed by atoms with Gasteiger partial charge in [-0.2, -0.15) is 13.3 Å². The molecule has 2 aromatic rings. The van der Waals surface area contributed by atoms with Crippen molar-refractivity contribution in [2.24, 2.45) is 0 Å². The Bertz CT molecular complexity index is 422. The van der Waals surface area contributed by atoms with Gasteiger partial charge in [0.1, 0.15) is 5.82 Å². The zero-order valence-corrected chi connectivity index (χ0v) is 8.85. The molecule has 14 heavy (non-hydrogen) atoms. The number of H-pyrrole nitrogens is 1. The summed E-state index contributed by atoms with van der Waals surface area (Å²) in [5.74, 6) is -0.176. The largest absolute Gasteiger partial charge is 0.361 e. The van der Waals surface area contributed by atoms with Gasteiger partial charge in [-0.05, 0) is 18.2 Å². The topological polar surface area (TPSA) is 15.8 Å². The summed E-state index contributed by atoms with van der Waals surface area (Å²) in [6, 6.07) is 4.81. The minimum atomic E-state index is -0.176. The normalized spacial score (nSPS) is 10.1. The number of hydrogen-bond donors (Lipinski definition) is 1. The molecule has 0 aliphatic rings. The third-order valence-electron chi connectivity index (χ3n) is 2.15. The molecule has 0 unspecified atom stereocenters. The third kappa shape index (κ3) is 1.99. The third-order valence-corrected chi connectivity index (χ3v) is 2.15. The summed E-state index contributed by atoms with van der Waals surface area (Å²) in [6.07, 6.45) is 4.88. The monoisotopic (exact) mass is 235 g/mol. The maximum Gasteiger partial charge on any atom is 0.123 e. The number of benzene rings is 1. The molecule has 77 valence electrons. The van der Waals surface area contributed by atoms with Crippen LogP contribution in [0.2, 0.25) is 0 Å². The molecule has 0 bridgehead atoms. The number of halogens is 1. The SMILES string of the molecule is C[CH-]Cc1c[nH]c2ccc(F)cc12.[Co]. The van der Waals surface area contributed by atoms with E-state index < -0.39 is 0 Å². The molecule has 0 atom stereocenters. The van der Waals surface area contributed by atoms with Crippen LogP contribution < -0.4 is 0 Å². The van der Waals surface area contributed by atoms with Crippen molar-refractivity contribution >= 4 is 10.9 Å². The maximum absolute atomic E-state index is 12.9. The number of hydrogen-bond acceptors (Lipinski definition) is 0. The van der Waals surface area contributed by atoms with Crippen LogP contribution in [0, 0.1) is 12.2 Å². The molecule has 1 aromatic heterocycles. The van der Waals surface area contributed by atoms with Gasteiger partial charge in [0, 0.05) is 33.9 Å². The van der Waals surface area contributed by atoms with E-state index in [-0.39, 0.29) is 22.6 Å². The van der Waals surface area contributed by atoms with Crippen molar-refractivity contribution in [3.8, 4) is 0 Å². The molecule has 0 fully saturated rings. The average Bonchev–Trinajstić information content (AvgIpc) is 2.49. The van der Waals surface area contributed by atoms with Gasteiger partial charge in [0.05, 0.1) is 0 Å². The van der Waals surface area contributed by atoms with Gasteiger partial charge in [-0.25, -0.2) is 4.39 Å². The molecule has 2 rings (SSSR count). The minimum Gasteiger partial charge on any atom is -0.361 e. The van der Waals surface area contributed by atoms with Gasteiger partial charge >= 0.3 is 0 Å². The van der Waals surface area contributed by atoms with E-state index in [0.717, 1.165) is 22.9 Å². The molecular formula is C11H11CoFN-. The maximum atomic E-state index is 12.9. The molecule has 0 amide bonds. The van der Waals surface area contributed by atoms with Crippen LogP contribution in [0.3, 0.4) is 0 Å². The summed E-state index contributed by atoms with van der Waals surface area (Å²) < 4.78 is 12.9. The van der Waals surface area contributed by atoms with Crippen LogP contribution in [-0.4, -0.2) is 4.98 Å². The summed E-state index contributed by atoms with van der Waals surface area (Å²) in [5.41, 5.74) is 2.15. The van der Waals surface area contributed by atoms with E-state index in [1.807, 2.05) is 13.1 Å². The van der Waals surface area contributed by atoms with Gasteiger partial charge in [0.25, 0.3) is 0 Å². The van der Waals surface area contributed by atoms with E-state index in [1.165, 1.54) is 6.07 Å². The van der Waals surface area contributed by atoms with Gasteiger partial charge in [0.2, 0.25) is 0 Å². The average molecular weight is 235 g/mol. The first kappa shape index (κ1) is 11.3. The van der Waals surface area contributed by atoms with Crippen LogP contribution in [0.5, 0.6) is 0 Å². The van der Waals surface area contributed by atoms with E-state index in [9.17, 15) is 4.39 Å². The molecular weight excluding hydrogens is 224 g/mol. The molecule has 3 heteroatoms. The zero-order valence-electron chi connectivity index (χ0n) is 7.81. The Morgan fingerprint density at radius 2 is 2.21 bits per heavy atom. The fraction of sp³-hybridized carbons (Fsp3) is 0.182. The Morgan fingerprint density at radius 1 is 1.43 bits per heavy atom. The summed E-state index contributed by atoms with van der Waals surface area (Å²) in [5, 5.41) is 0.984. The molecule has 1 N–H and O–H groups in total. The van der Waals surface area contributed by atoms with Gasteiger partial charge < -0.3 is 11.4 Å². The van der Waals surface area contributed by atoms with Crippen molar-refractivity contribution in [1.82, 2.24) is 4.98 Å². The van der Waals surface area contributed by atoms with E-state index >= 15 is 0 Å². The summed E-state index contributed by atoms with van der Waals surface area (Å²) in [4.78, 5) is 3.11. The van der Waals surface area contributed by atoms with Crippen molar-refractivity contribution in [3.05, 3.63) is 42.2 Å². The van der Waals surface area contributed by atoms with Crippen molar-refractivity contribution in [3.63, 3.8) is 0 Å². The predicted molar refractivity (Wildman–Crippen MR) is 51.9 cm³/mol. The Hall–Kier alpha value is -0.804. The van der Waals surface area contributed by atoms with Crippen molar-refractivity contribution in [2.45, 2.75) is 13.3 Å². The molecule has 0 spiro atoms. The number of aromatic amines is 1. The standard InChI is InChI=1S/C11H11FN.Co/c1-2-3-8-7-13-11-5-4-9(12)6-10(8)11;/h2,4-7,13H,3H2,1H3;/q-1;. The van der Waals surface area contributed by atoms with Gasteiger partial charge in [-0.3, -0.25) is 0 Å². The molecule has 1 nitrogen and oxygen atoms in total. The van der Waals surface area contributed by atoms with Gasteiger partial charge in [-0.1, -0.05) is 5.56 Å². The van der Waals surface area contributed by atoms with Crippen LogP contribution in [0.1, 0.15) is 12.5 Å². The zero-order chi connectivity index (χ0) is 9.26. The first-order chi connectivity index (χ1) is 6.31. The molecule has 1 aromatic carbocycles. The summed E-state index contributed by atoms with van der Waals surface area (Å²) in [7, 11) is 0. The number of aromatic nitrogens is 1. The first-order valence-corrected chi connectivity index (χ1v) is 4.34. The van der Waals surface area contributed by atoms with Crippen molar-refractivity contribution < 1.29 is 21.2 Å². The Balaban J connectivity index is 0.000000980. The number of nitrogens with one attached hydrogen (secondary N) is 1. The number of rotatable bonds is 2. The Morgan fingerprint density at radius 3 is 2.93 bits per heavy atom. The molecule has 0 aliphatic heterocycles. The Kier molecular flexibility index (Phi) is 3.72. The second-order valence-electron chi connectivity index (χ2n) is 3.12. The fourth-order valence-corrected chi connectivity index (χ4v) is 1.54. The first-order valence-electron chi connectivity index (χ1n) is 4.34. The molecule has 1 radical (unpaired) electrons. The minimum absolute atomic E-state index is 0. The molecule has 1 heterocycles. The molecule has 0 aliphatic carbocycles. The van der Waals surface area contributed by atoms with Crippen molar-refractivity contribution in [2.75, 3.05) is 0 Å².